The van der Waals surface area contributed by atoms with Crippen LogP contribution in [0.25, 0.3) is 10.9 Å². The summed E-state index contributed by atoms with van der Waals surface area (Å²) in [6, 6.07) is 16.7. The van der Waals surface area contributed by atoms with Crippen LogP contribution in [-0.2, 0) is 4.79 Å². The summed E-state index contributed by atoms with van der Waals surface area (Å²) in [5.74, 6) is -0.0957. The van der Waals surface area contributed by atoms with Crippen molar-refractivity contribution in [2.45, 2.75) is 26.3 Å². The highest BCUT2D eigenvalue weighted by Gasteiger charge is 2.24. The molecule has 1 amide bonds. The number of para-hydroxylation sites is 2. The maximum atomic E-state index is 12.9. The molecule has 140 valence electrons. The van der Waals surface area contributed by atoms with Gasteiger partial charge in [0, 0.05) is 28.4 Å². The second kappa shape index (κ2) is 8.64. The number of rotatable bonds is 8. The van der Waals surface area contributed by atoms with Gasteiger partial charge >= 0.3 is 0 Å². The van der Waals surface area contributed by atoms with Crippen molar-refractivity contribution >= 4 is 28.3 Å². The number of nitrogens with one attached hydrogen (secondary N) is 2. The lowest BCUT2D eigenvalue weighted by molar-refractivity contribution is -0.120. The number of ketones is 1. The Bertz CT molecular complexity index is 917. The van der Waals surface area contributed by atoms with Crippen LogP contribution in [0.4, 0.5) is 5.69 Å². The lowest BCUT2D eigenvalue weighted by atomic mass is 10.1. The average Bonchev–Trinajstić information content (AvgIpc) is 3.12. The Balaban J connectivity index is 1.72. The Morgan fingerprint density at radius 1 is 1.07 bits per heavy atom. The number of carbonyl (C=O) groups excluding carboxylic acids is 2. The van der Waals surface area contributed by atoms with Gasteiger partial charge in [-0.05, 0) is 38.1 Å². The molecule has 0 aliphatic rings. The summed E-state index contributed by atoms with van der Waals surface area (Å²) in [5.41, 5.74) is 2.37. The number of hydrogen-bond donors (Lipinski definition) is 2. The predicted octanol–water partition coefficient (Wildman–Crippen LogP) is 4.09. The molecule has 27 heavy (non-hydrogen) atoms. The standard InChI is InChI=1S/C22H25N3O2/c1-3-13-25(16(2)22(27)24-17-9-5-4-6-10-17)15-21(26)19-14-23-20-12-8-7-11-18(19)20/h4-12,14,16,23H,3,13,15H2,1-2H3,(H,24,27). The van der Waals surface area contributed by atoms with Gasteiger partial charge in [-0.3, -0.25) is 14.5 Å². The molecule has 0 saturated heterocycles. The molecule has 5 nitrogen and oxygen atoms in total. The van der Waals surface area contributed by atoms with Gasteiger partial charge in [-0.25, -0.2) is 0 Å². The molecule has 3 rings (SSSR count). The number of amides is 1. The van der Waals surface area contributed by atoms with Crippen LogP contribution >= 0.6 is 0 Å². The lowest BCUT2D eigenvalue weighted by Gasteiger charge is -2.27. The van der Waals surface area contributed by atoms with E-state index in [1.165, 1.54) is 0 Å². The van der Waals surface area contributed by atoms with Crippen molar-refractivity contribution in [2.75, 3.05) is 18.4 Å². The van der Waals surface area contributed by atoms with E-state index in [0.717, 1.165) is 23.0 Å². The normalized spacial score (nSPS) is 12.3. The first-order chi connectivity index (χ1) is 13.1. The van der Waals surface area contributed by atoms with Gasteiger partial charge in [0.1, 0.15) is 0 Å². The van der Waals surface area contributed by atoms with E-state index < -0.39 is 6.04 Å². The number of Topliss-reactive ketones (excluding diaryl/α,β-unsaturated/α-hetero) is 1. The molecule has 0 spiro atoms. The van der Waals surface area contributed by atoms with Crippen LogP contribution < -0.4 is 5.32 Å². The number of H-pyrrole nitrogens is 1. The smallest absolute Gasteiger partial charge is 0.241 e. The van der Waals surface area contributed by atoms with Crippen molar-refractivity contribution in [3.05, 3.63) is 66.4 Å². The highest BCUT2D eigenvalue weighted by atomic mass is 16.2. The fourth-order valence-corrected chi connectivity index (χ4v) is 3.20. The Labute approximate surface area is 159 Å². The largest absolute Gasteiger partial charge is 0.360 e. The third-order valence-electron chi connectivity index (χ3n) is 4.72. The second-order valence-corrected chi connectivity index (χ2v) is 6.67. The van der Waals surface area contributed by atoms with Crippen LogP contribution in [-0.4, -0.2) is 40.7 Å². The van der Waals surface area contributed by atoms with Crippen molar-refractivity contribution in [1.29, 1.82) is 0 Å². The minimum absolute atomic E-state index is 0.0141. The van der Waals surface area contributed by atoms with Crippen LogP contribution in [0, 0.1) is 0 Å². The molecule has 0 bridgehead atoms. The molecule has 5 heteroatoms. The number of aromatic amines is 1. The van der Waals surface area contributed by atoms with E-state index in [2.05, 4.69) is 10.3 Å². The summed E-state index contributed by atoms with van der Waals surface area (Å²) in [6.45, 7) is 4.78. The number of fused-ring (bicyclic) bond motifs is 1. The molecule has 0 aliphatic heterocycles. The maximum absolute atomic E-state index is 12.9. The summed E-state index contributed by atoms with van der Waals surface area (Å²) >= 11 is 0. The highest BCUT2D eigenvalue weighted by molar-refractivity contribution is 6.09. The van der Waals surface area contributed by atoms with E-state index in [4.69, 9.17) is 0 Å². The Morgan fingerprint density at radius 2 is 1.78 bits per heavy atom. The zero-order chi connectivity index (χ0) is 19.2. The van der Waals surface area contributed by atoms with Crippen LogP contribution in [0.1, 0.15) is 30.6 Å². The molecule has 0 fully saturated rings. The van der Waals surface area contributed by atoms with E-state index in [0.29, 0.717) is 12.1 Å². The van der Waals surface area contributed by atoms with Crippen LogP contribution in [0.15, 0.2) is 60.8 Å². The monoisotopic (exact) mass is 363 g/mol. The average molecular weight is 363 g/mol. The number of aromatic nitrogens is 1. The molecule has 2 N–H and O–H groups in total. The molecular formula is C22H25N3O2. The van der Waals surface area contributed by atoms with E-state index in [-0.39, 0.29) is 18.2 Å². The van der Waals surface area contributed by atoms with E-state index in [1.807, 2.05) is 73.3 Å². The third-order valence-corrected chi connectivity index (χ3v) is 4.72. The van der Waals surface area contributed by atoms with Crippen LogP contribution in [0.2, 0.25) is 0 Å². The number of nitrogens with zero attached hydrogens (tertiary/aromatic N) is 1. The van der Waals surface area contributed by atoms with Gasteiger partial charge in [-0.15, -0.1) is 0 Å². The molecule has 0 radical (unpaired) electrons. The summed E-state index contributed by atoms with van der Waals surface area (Å²) in [6.07, 6.45) is 2.62. The summed E-state index contributed by atoms with van der Waals surface area (Å²) in [4.78, 5) is 30.6. The predicted molar refractivity (Wildman–Crippen MR) is 109 cm³/mol. The number of hydrogen-bond acceptors (Lipinski definition) is 3. The molecule has 1 heterocycles. The number of anilines is 1. The van der Waals surface area contributed by atoms with Crippen molar-refractivity contribution in [3.8, 4) is 0 Å². The fraction of sp³-hybridized carbons (Fsp3) is 0.273. The minimum atomic E-state index is -0.403. The fourth-order valence-electron chi connectivity index (χ4n) is 3.20. The van der Waals surface area contributed by atoms with E-state index in [1.54, 1.807) is 6.20 Å². The Morgan fingerprint density at radius 3 is 2.52 bits per heavy atom. The zero-order valence-corrected chi connectivity index (χ0v) is 15.7. The van der Waals surface area contributed by atoms with Gasteiger partial charge in [0.05, 0.1) is 12.6 Å². The van der Waals surface area contributed by atoms with E-state index >= 15 is 0 Å². The first-order valence-corrected chi connectivity index (χ1v) is 9.29. The second-order valence-electron chi connectivity index (χ2n) is 6.67. The minimum Gasteiger partial charge on any atom is -0.360 e. The van der Waals surface area contributed by atoms with Crippen LogP contribution in [0.5, 0.6) is 0 Å². The summed E-state index contributed by atoms with van der Waals surface area (Å²) in [7, 11) is 0. The van der Waals surface area contributed by atoms with Gasteiger partial charge in [0.15, 0.2) is 5.78 Å². The van der Waals surface area contributed by atoms with Gasteiger partial charge in [0.25, 0.3) is 0 Å². The Kier molecular flexibility index (Phi) is 6.04. The van der Waals surface area contributed by atoms with Crippen molar-refractivity contribution in [1.82, 2.24) is 9.88 Å². The number of carbonyl (C=O) groups is 2. The molecule has 0 aliphatic carbocycles. The lowest BCUT2D eigenvalue weighted by Crippen LogP contribution is -2.45. The summed E-state index contributed by atoms with van der Waals surface area (Å²) < 4.78 is 0. The first kappa shape index (κ1) is 18.9. The van der Waals surface area contributed by atoms with Crippen LogP contribution in [0.3, 0.4) is 0 Å². The highest BCUT2D eigenvalue weighted by Crippen LogP contribution is 2.19. The number of benzene rings is 2. The third kappa shape index (κ3) is 4.44. The van der Waals surface area contributed by atoms with E-state index in [9.17, 15) is 9.59 Å². The molecule has 2 aromatic carbocycles. The maximum Gasteiger partial charge on any atom is 0.241 e. The summed E-state index contributed by atoms with van der Waals surface area (Å²) in [5, 5.41) is 3.84. The molecule has 1 aromatic heterocycles. The first-order valence-electron chi connectivity index (χ1n) is 9.29. The van der Waals surface area contributed by atoms with Crippen molar-refractivity contribution in [2.24, 2.45) is 0 Å². The quantitative estimate of drug-likeness (QED) is 0.593. The van der Waals surface area contributed by atoms with Gasteiger partial charge in [-0.1, -0.05) is 43.3 Å². The SMILES string of the molecule is CCCN(CC(=O)c1c[nH]c2ccccc12)C(C)C(=O)Nc1ccccc1. The molecule has 1 unspecified atom stereocenters. The molecule has 3 aromatic rings. The molecule has 1 atom stereocenters. The van der Waals surface area contributed by atoms with Gasteiger partial charge in [-0.2, -0.15) is 0 Å². The molecular weight excluding hydrogens is 338 g/mol. The van der Waals surface area contributed by atoms with Gasteiger partial charge < -0.3 is 10.3 Å². The molecule has 0 saturated carbocycles. The Hall–Kier alpha value is -2.92. The van der Waals surface area contributed by atoms with Crippen molar-refractivity contribution < 1.29 is 9.59 Å². The van der Waals surface area contributed by atoms with Gasteiger partial charge in [0.2, 0.25) is 5.91 Å². The van der Waals surface area contributed by atoms with Crippen molar-refractivity contribution in [3.63, 3.8) is 0 Å². The zero-order valence-electron chi connectivity index (χ0n) is 15.7. The topological polar surface area (TPSA) is 65.2 Å².